The van der Waals surface area contributed by atoms with E-state index in [1.54, 1.807) is 36.4 Å². The molecule has 0 saturated carbocycles. The van der Waals surface area contributed by atoms with Gasteiger partial charge in [-0.1, -0.05) is 6.07 Å². The van der Waals surface area contributed by atoms with Crippen molar-refractivity contribution >= 4 is 26.7 Å². The number of rotatable bonds is 3. The highest BCUT2D eigenvalue weighted by Crippen LogP contribution is 2.26. The first-order valence-corrected chi connectivity index (χ1v) is 9.68. The van der Waals surface area contributed by atoms with Crippen LogP contribution in [0, 0.1) is 0 Å². The molecule has 0 saturated heterocycles. The van der Waals surface area contributed by atoms with Gasteiger partial charge in [-0.25, -0.2) is 13.2 Å². The van der Waals surface area contributed by atoms with Crippen molar-refractivity contribution in [3.8, 4) is 0 Å². The summed E-state index contributed by atoms with van der Waals surface area (Å²) < 4.78 is 33.0. The van der Waals surface area contributed by atoms with E-state index in [0.717, 1.165) is 31.2 Å². The van der Waals surface area contributed by atoms with Crippen molar-refractivity contribution in [2.75, 3.05) is 4.72 Å². The molecule has 0 amide bonds. The van der Waals surface area contributed by atoms with E-state index < -0.39 is 15.6 Å². The van der Waals surface area contributed by atoms with Gasteiger partial charge < -0.3 is 4.42 Å². The Morgan fingerprint density at radius 2 is 1.68 bits per heavy atom. The molecule has 5 nitrogen and oxygen atoms in total. The van der Waals surface area contributed by atoms with E-state index >= 15 is 0 Å². The Kier molecular flexibility index (Phi) is 3.84. The van der Waals surface area contributed by atoms with E-state index in [0.29, 0.717) is 16.7 Å². The molecule has 0 bridgehead atoms. The number of hydrogen-bond donors (Lipinski definition) is 1. The van der Waals surface area contributed by atoms with Crippen LogP contribution in [0.3, 0.4) is 0 Å². The first-order valence-electron chi connectivity index (χ1n) is 8.20. The van der Waals surface area contributed by atoms with E-state index in [1.165, 1.54) is 11.6 Å². The first kappa shape index (κ1) is 15.9. The molecule has 128 valence electrons. The molecule has 6 heteroatoms. The van der Waals surface area contributed by atoms with Gasteiger partial charge in [-0.2, -0.15) is 0 Å². The van der Waals surface area contributed by atoms with E-state index in [1.807, 2.05) is 6.07 Å². The fraction of sp³-hybridized carbons (Fsp3) is 0.211. The van der Waals surface area contributed by atoms with Crippen LogP contribution in [-0.4, -0.2) is 8.42 Å². The van der Waals surface area contributed by atoms with Crippen molar-refractivity contribution in [2.45, 2.75) is 30.6 Å². The smallest absolute Gasteiger partial charge is 0.336 e. The second kappa shape index (κ2) is 6.04. The summed E-state index contributed by atoms with van der Waals surface area (Å²) in [7, 11) is -3.67. The van der Waals surface area contributed by atoms with Crippen LogP contribution in [0.2, 0.25) is 0 Å². The largest absolute Gasteiger partial charge is 0.423 e. The lowest BCUT2D eigenvalue weighted by Gasteiger charge is -2.17. The molecule has 0 aliphatic heterocycles. The number of aryl methyl sites for hydroxylation is 2. The van der Waals surface area contributed by atoms with Gasteiger partial charge >= 0.3 is 5.63 Å². The second-order valence-electron chi connectivity index (χ2n) is 6.25. The SMILES string of the molecule is O=c1ccc2cc(NS(=O)(=O)c3ccc4c(c3)CCCC4)ccc2o1. The highest BCUT2D eigenvalue weighted by atomic mass is 32.2. The minimum absolute atomic E-state index is 0.271. The molecular weight excluding hydrogens is 338 g/mol. The summed E-state index contributed by atoms with van der Waals surface area (Å²) in [6.45, 7) is 0. The third-order valence-electron chi connectivity index (χ3n) is 4.50. The summed E-state index contributed by atoms with van der Waals surface area (Å²) >= 11 is 0. The summed E-state index contributed by atoms with van der Waals surface area (Å²) in [4.78, 5) is 11.5. The van der Waals surface area contributed by atoms with Crippen molar-refractivity contribution in [1.82, 2.24) is 0 Å². The molecule has 0 radical (unpaired) electrons. The topological polar surface area (TPSA) is 76.4 Å². The quantitative estimate of drug-likeness (QED) is 0.730. The average molecular weight is 355 g/mol. The van der Waals surface area contributed by atoms with E-state index in [-0.39, 0.29) is 4.90 Å². The summed E-state index contributed by atoms with van der Waals surface area (Å²) in [6.07, 6.45) is 4.19. The Labute approximate surface area is 145 Å². The maximum absolute atomic E-state index is 12.7. The van der Waals surface area contributed by atoms with Gasteiger partial charge in [0, 0.05) is 17.1 Å². The van der Waals surface area contributed by atoms with Gasteiger partial charge in [-0.3, -0.25) is 4.72 Å². The minimum atomic E-state index is -3.67. The predicted molar refractivity (Wildman–Crippen MR) is 96.4 cm³/mol. The van der Waals surface area contributed by atoms with Gasteiger partial charge in [0.1, 0.15) is 5.58 Å². The Hall–Kier alpha value is -2.60. The molecule has 1 heterocycles. The van der Waals surface area contributed by atoms with Crippen molar-refractivity contribution in [3.05, 3.63) is 70.1 Å². The van der Waals surface area contributed by atoms with Crippen LogP contribution in [0.5, 0.6) is 0 Å². The van der Waals surface area contributed by atoms with Crippen LogP contribution in [-0.2, 0) is 22.9 Å². The summed E-state index contributed by atoms with van der Waals surface area (Å²) in [5, 5.41) is 0.658. The Morgan fingerprint density at radius 3 is 2.52 bits per heavy atom. The molecule has 0 atom stereocenters. The van der Waals surface area contributed by atoms with Gasteiger partial charge in [0.15, 0.2) is 0 Å². The summed E-state index contributed by atoms with van der Waals surface area (Å²) in [5.74, 6) is 0. The Balaban J connectivity index is 1.67. The normalized spacial score (nSPS) is 14.2. The van der Waals surface area contributed by atoms with Crippen molar-refractivity contribution in [1.29, 1.82) is 0 Å². The summed E-state index contributed by atoms with van der Waals surface area (Å²) in [6, 6.07) is 13.1. The fourth-order valence-electron chi connectivity index (χ4n) is 3.23. The van der Waals surface area contributed by atoms with E-state index in [9.17, 15) is 13.2 Å². The average Bonchev–Trinajstić information content (AvgIpc) is 2.61. The highest BCUT2D eigenvalue weighted by Gasteiger charge is 2.18. The van der Waals surface area contributed by atoms with Crippen molar-refractivity contribution in [2.24, 2.45) is 0 Å². The third-order valence-corrected chi connectivity index (χ3v) is 5.88. The van der Waals surface area contributed by atoms with Crippen molar-refractivity contribution in [3.63, 3.8) is 0 Å². The first-order chi connectivity index (χ1) is 12.0. The zero-order valence-electron chi connectivity index (χ0n) is 13.5. The molecular formula is C19H17NO4S. The van der Waals surface area contributed by atoms with Gasteiger partial charge in [-0.05, 0) is 73.2 Å². The Morgan fingerprint density at radius 1 is 0.880 bits per heavy atom. The lowest BCUT2D eigenvalue weighted by Crippen LogP contribution is -2.14. The molecule has 0 spiro atoms. The van der Waals surface area contributed by atoms with Gasteiger partial charge in [0.05, 0.1) is 4.90 Å². The van der Waals surface area contributed by atoms with Crippen LogP contribution < -0.4 is 10.3 Å². The monoisotopic (exact) mass is 355 g/mol. The minimum Gasteiger partial charge on any atom is -0.423 e. The molecule has 3 aromatic rings. The van der Waals surface area contributed by atoms with Crippen LogP contribution >= 0.6 is 0 Å². The zero-order chi connectivity index (χ0) is 17.4. The van der Waals surface area contributed by atoms with Crippen LogP contribution in [0.15, 0.2) is 62.6 Å². The number of benzene rings is 2. The third kappa shape index (κ3) is 3.17. The molecule has 2 aromatic carbocycles. The highest BCUT2D eigenvalue weighted by molar-refractivity contribution is 7.92. The molecule has 1 aliphatic rings. The number of sulfonamides is 1. The van der Waals surface area contributed by atoms with Crippen LogP contribution in [0.4, 0.5) is 5.69 Å². The maximum atomic E-state index is 12.7. The van der Waals surface area contributed by atoms with E-state index in [4.69, 9.17) is 4.42 Å². The zero-order valence-corrected chi connectivity index (χ0v) is 14.3. The molecule has 0 fully saturated rings. The fourth-order valence-corrected chi connectivity index (χ4v) is 4.33. The standard InChI is InChI=1S/C19H17NO4S/c21-19-10-6-15-11-16(7-9-18(15)24-19)20-25(22,23)17-8-5-13-3-1-2-4-14(13)12-17/h5-12,20H,1-4H2. The number of fused-ring (bicyclic) bond motifs is 2. The maximum Gasteiger partial charge on any atom is 0.336 e. The Bertz CT molecular complexity index is 1120. The number of anilines is 1. The molecule has 0 unspecified atom stereocenters. The molecule has 1 aliphatic carbocycles. The van der Waals surface area contributed by atoms with Crippen molar-refractivity contribution < 1.29 is 12.8 Å². The molecule has 4 rings (SSSR count). The lowest BCUT2D eigenvalue weighted by atomic mass is 9.92. The van der Waals surface area contributed by atoms with E-state index in [2.05, 4.69) is 4.72 Å². The summed E-state index contributed by atoms with van der Waals surface area (Å²) in [5.41, 5.74) is 2.78. The molecule has 1 N–H and O–H groups in total. The van der Waals surface area contributed by atoms with Crippen LogP contribution in [0.1, 0.15) is 24.0 Å². The second-order valence-corrected chi connectivity index (χ2v) is 7.93. The van der Waals surface area contributed by atoms with Crippen LogP contribution in [0.25, 0.3) is 11.0 Å². The van der Waals surface area contributed by atoms with Gasteiger partial charge in [0.25, 0.3) is 10.0 Å². The van der Waals surface area contributed by atoms with Gasteiger partial charge in [-0.15, -0.1) is 0 Å². The molecule has 1 aromatic heterocycles. The number of nitrogens with one attached hydrogen (secondary N) is 1. The predicted octanol–water partition coefficient (Wildman–Crippen LogP) is 3.47. The molecule has 25 heavy (non-hydrogen) atoms. The number of hydrogen-bond acceptors (Lipinski definition) is 4. The lowest BCUT2D eigenvalue weighted by molar-refractivity contribution is 0.561. The van der Waals surface area contributed by atoms with Gasteiger partial charge in [0.2, 0.25) is 0 Å².